The first-order chi connectivity index (χ1) is 23.6. The fraction of sp³-hybridized carbons (Fsp3) is 0.273. The van der Waals surface area contributed by atoms with Crippen molar-refractivity contribution in [1.29, 1.82) is 0 Å². The Hall–Kier alpha value is -3.32. The Balaban J connectivity index is 0.000000565. The maximum absolute atomic E-state index is 4.94. The van der Waals surface area contributed by atoms with Gasteiger partial charge in [0.2, 0.25) is 0 Å². The lowest BCUT2D eigenvalue weighted by molar-refractivity contribution is 0.198. The lowest BCUT2D eigenvalue weighted by Gasteiger charge is -2.26. The SMILES string of the molecule is C1CCOC1.CC(C)(C)c1cc2c3c(c1)c1c4sccc4c4ccsc4c1c1cc(C(C)(C)C)cc(c13)c1c3sccc3c3ccsc3c21. The third-order valence-electron chi connectivity index (χ3n) is 10.8. The van der Waals surface area contributed by atoms with Crippen LogP contribution in [0, 0.1) is 0 Å². The molecular formula is C44H38OS4. The van der Waals surface area contributed by atoms with Crippen LogP contribution in [0.2, 0.25) is 0 Å². The van der Waals surface area contributed by atoms with Gasteiger partial charge in [0.05, 0.1) is 0 Å². The zero-order valence-electron chi connectivity index (χ0n) is 28.8. The highest BCUT2D eigenvalue weighted by Crippen LogP contribution is 2.55. The van der Waals surface area contributed by atoms with Crippen LogP contribution in [-0.2, 0) is 15.6 Å². The van der Waals surface area contributed by atoms with E-state index in [1.807, 2.05) is 45.3 Å². The predicted octanol–water partition coefficient (Wildman–Crippen LogP) is 15.1. The molecule has 0 bridgehead atoms. The highest BCUT2D eigenvalue weighted by atomic mass is 32.1. The van der Waals surface area contributed by atoms with Crippen molar-refractivity contribution in [2.75, 3.05) is 13.2 Å². The second kappa shape index (κ2) is 10.6. The molecule has 5 heterocycles. The lowest BCUT2D eigenvalue weighted by atomic mass is 9.77. The summed E-state index contributed by atoms with van der Waals surface area (Å²) in [5, 5.41) is 29.1. The Kier molecular flexibility index (Phi) is 6.60. The average Bonchev–Trinajstić information content (AvgIpc) is 3.91. The summed E-state index contributed by atoms with van der Waals surface area (Å²) in [5.74, 6) is 0. The Morgan fingerprint density at radius 3 is 0.918 bits per heavy atom. The van der Waals surface area contributed by atoms with E-state index in [-0.39, 0.29) is 10.8 Å². The van der Waals surface area contributed by atoms with Crippen LogP contribution in [0.4, 0.5) is 0 Å². The highest BCUT2D eigenvalue weighted by molar-refractivity contribution is 7.22. The summed E-state index contributed by atoms with van der Waals surface area (Å²) >= 11 is 7.64. The van der Waals surface area contributed by atoms with Crippen molar-refractivity contribution >= 4 is 140 Å². The Morgan fingerprint density at radius 1 is 0.408 bits per heavy atom. The van der Waals surface area contributed by atoms with Gasteiger partial charge in [0.25, 0.3) is 0 Å². The van der Waals surface area contributed by atoms with Gasteiger partial charge in [0.15, 0.2) is 0 Å². The van der Waals surface area contributed by atoms with Gasteiger partial charge < -0.3 is 4.74 Å². The lowest BCUT2D eigenvalue weighted by Crippen LogP contribution is -2.12. The minimum absolute atomic E-state index is 0.0195. The van der Waals surface area contributed by atoms with E-state index >= 15 is 0 Å². The second-order valence-electron chi connectivity index (χ2n) is 15.9. The molecule has 0 N–H and O–H groups in total. The van der Waals surface area contributed by atoms with Crippen LogP contribution in [-0.4, -0.2) is 13.2 Å². The van der Waals surface area contributed by atoms with E-state index < -0.39 is 0 Å². The third-order valence-corrected chi connectivity index (χ3v) is 14.5. The molecular weight excluding hydrogens is 673 g/mol. The molecule has 0 atom stereocenters. The minimum Gasteiger partial charge on any atom is -0.381 e. The molecule has 0 amide bonds. The smallest absolute Gasteiger partial charge is 0.0466 e. The maximum atomic E-state index is 4.94. The van der Waals surface area contributed by atoms with Crippen LogP contribution in [0.3, 0.4) is 0 Å². The van der Waals surface area contributed by atoms with Crippen LogP contribution in [0.25, 0.3) is 94.2 Å². The second-order valence-corrected chi connectivity index (χ2v) is 19.5. The quantitative estimate of drug-likeness (QED) is 0.112. The minimum atomic E-state index is 0.0195. The van der Waals surface area contributed by atoms with E-state index in [2.05, 4.69) is 112 Å². The monoisotopic (exact) mass is 710 g/mol. The van der Waals surface area contributed by atoms with Crippen LogP contribution in [0.5, 0.6) is 0 Å². The molecule has 1 fully saturated rings. The van der Waals surface area contributed by atoms with E-state index in [0.29, 0.717) is 0 Å². The largest absolute Gasteiger partial charge is 0.381 e. The molecule has 0 aliphatic carbocycles. The van der Waals surface area contributed by atoms with Crippen molar-refractivity contribution in [1.82, 2.24) is 0 Å². The van der Waals surface area contributed by atoms with Gasteiger partial charge in [0.1, 0.15) is 0 Å². The van der Waals surface area contributed by atoms with E-state index in [1.54, 1.807) is 0 Å². The zero-order chi connectivity index (χ0) is 33.4. The first-order valence-corrected chi connectivity index (χ1v) is 20.9. The van der Waals surface area contributed by atoms with E-state index in [1.165, 1.54) is 118 Å². The molecule has 4 aromatic heterocycles. The standard InChI is InChI=1S/C40H30S4.C4H8O/c1-39(2,3)19-15-25-29-26(16-19)32-34(38-24(10-14-44-38)22-8-12-42-36(22)32)28-18-20(40(4,5)6)17-27(30(28)29)33-31(25)35-21(7-11-41-35)23-9-13-43-37(23)33;1-2-4-5-3-1/h7-18H,1-6H3;1-4H2. The molecule has 1 saturated heterocycles. The van der Waals surface area contributed by atoms with Crippen LogP contribution < -0.4 is 0 Å². The molecule has 0 unspecified atom stereocenters. The number of benzene rings is 6. The van der Waals surface area contributed by atoms with E-state index in [4.69, 9.17) is 4.74 Å². The molecule has 1 aliphatic rings. The van der Waals surface area contributed by atoms with Crippen molar-refractivity contribution in [3.05, 3.63) is 81.2 Å². The molecule has 10 aromatic rings. The summed E-state index contributed by atoms with van der Waals surface area (Å²) in [6.45, 7) is 16.2. The van der Waals surface area contributed by atoms with Gasteiger partial charge in [-0.2, -0.15) is 0 Å². The number of rotatable bonds is 0. The van der Waals surface area contributed by atoms with Crippen molar-refractivity contribution in [2.24, 2.45) is 0 Å². The number of ether oxygens (including phenoxy) is 1. The van der Waals surface area contributed by atoms with Crippen molar-refractivity contribution in [3.63, 3.8) is 0 Å². The fourth-order valence-corrected chi connectivity index (χ4v) is 12.2. The molecule has 6 aromatic carbocycles. The van der Waals surface area contributed by atoms with Crippen molar-refractivity contribution < 1.29 is 4.74 Å². The molecule has 49 heavy (non-hydrogen) atoms. The van der Waals surface area contributed by atoms with Crippen LogP contribution in [0.15, 0.2) is 70.1 Å². The van der Waals surface area contributed by atoms with Gasteiger partial charge in [-0.3, -0.25) is 0 Å². The molecule has 0 spiro atoms. The summed E-state index contributed by atoms with van der Waals surface area (Å²) in [6, 6.07) is 19.6. The Bertz CT molecular complexity index is 2550. The van der Waals surface area contributed by atoms with Gasteiger partial charge in [-0.05, 0) is 137 Å². The maximum Gasteiger partial charge on any atom is 0.0466 e. The first kappa shape index (κ1) is 30.5. The predicted molar refractivity (Wildman–Crippen MR) is 224 cm³/mol. The molecule has 1 nitrogen and oxygen atoms in total. The normalized spacial score (nSPS) is 14.7. The third kappa shape index (κ3) is 4.29. The van der Waals surface area contributed by atoms with Crippen molar-refractivity contribution in [2.45, 2.75) is 65.2 Å². The molecule has 5 heteroatoms. The number of fused-ring (bicyclic) bond motifs is 16. The van der Waals surface area contributed by atoms with E-state index in [9.17, 15) is 0 Å². The summed E-state index contributed by atoms with van der Waals surface area (Å²) in [5.41, 5.74) is 2.86. The topological polar surface area (TPSA) is 9.23 Å². The Morgan fingerprint density at radius 2 is 0.694 bits per heavy atom. The first-order valence-electron chi connectivity index (χ1n) is 17.4. The number of hydrogen-bond donors (Lipinski definition) is 0. The summed E-state index contributed by atoms with van der Waals surface area (Å²) in [7, 11) is 0. The molecule has 244 valence electrons. The molecule has 1 aliphatic heterocycles. The molecule has 0 saturated carbocycles. The van der Waals surface area contributed by atoms with Crippen LogP contribution in [0.1, 0.15) is 65.5 Å². The van der Waals surface area contributed by atoms with Crippen LogP contribution >= 0.6 is 45.3 Å². The molecule has 11 rings (SSSR count). The highest BCUT2D eigenvalue weighted by Gasteiger charge is 2.28. The van der Waals surface area contributed by atoms with Gasteiger partial charge in [-0.1, -0.05) is 41.5 Å². The van der Waals surface area contributed by atoms with Crippen molar-refractivity contribution in [3.8, 4) is 0 Å². The fourth-order valence-electron chi connectivity index (χ4n) is 8.33. The Labute approximate surface area is 302 Å². The molecule has 0 radical (unpaired) electrons. The van der Waals surface area contributed by atoms with E-state index in [0.717, 1.165) is 13.2 Å². The average molecular weight is 711 g/mol. The summed E-state index contributed by atoms with van der Waals surface area (Å²) in [4.78, 5) is 0. The zero-order valence-corrected chi connectivity index (χ0v) is 32.1. The van der Waals surface area contributed by atoms with Gasteiger partial charge in [0, 0.05) is 75.1 Å². The summed E-state index contributed by atoms with van der Waals surface area (Å²) in [6.07, 6.45) is 2.56. The van der Waals surface area contributed by atoms with Gasteiger partial charge >= 0.3 is 0 Å². The number of thiophene rings is 4. The van der Waals surface area contributed by atoms with Gasteiger partial charge in [-0.15, -0.1) is 45.3 Å². The van der Waals surface area contributed by atoms with Gasteiger partial charge in [-0.25, -0.2) is 0 Å². The number of hydrogen-bond acceptors (Lipinski definition) is 5. The summed E-state index contributed by atoms with van der Waals surface area (Å²) < 4.78 is 10.6.